The van der Waals surface area contributed by atoms with Crippen LogP contribution in [0.1, 0.15) is 6.42 Å². The predicted molar refractivity (Wildman–Crippen MR) is 99.0 cm³/mol. The Labute approximate surface area is 165 Å². The number of hydrogen-bond acceptors (Lipinski definition) is 6. The van der Waals surface area contributed by atoms with E-state index in [1.165, 1.54) is 23.1 Å². The summed E-state index contributed by atoms with van der Waals surface area (Å²) in [5.74, 6) is -1.80. The first kappa shape index (κ1) is 18.7. The van der Waals surface area contributed by atoms with Crippen molar-refractivity contribution in [2.24, 2.45) is 5.92 Å². The summed E-state index contributed by atoms with van der Waals surface area (Å²) in [5, 5.41) is 2.59. The molecule has 2 amide bonds. The third kappa shape index (κ3) is 3.98. The lowest BCUT2D eigenvalue weighted by atomic mass is 10.1. The molecule has 2 aromatic rings. The van der Waals surface area contributed by atoms with E-state index < -0.39 is 30.2 Å². The number of amides is 2. The van der Waals surface area contributed by atoms with Gasteiger partial charge in [0.1, 0.15) is 5.82 Å². The quantitative estimate of drug-likeness (QED) is 0.773. The van der Waals surface area contributed by atoms with Crippen molar-refractivity contribution < 1.29 is 33.0 Å². The lowest BCUT2D eigenvalue weighted by molar-refractivity contribution is -0.151. The van der Waals surface area contributed by atoms with E-state index in [-0.39, 0.29) is 31.4 Å². The Hall–Kier alpha value is -3.62. The lowest BCUT2D eigenvalue weighted by Crippen LogP contribution is -2.28. The van der Waals surface area contributed by atoms with Gasteiger partial charge in [-0.15, -0.1) is 0 Å². The molecule has 2 aliphatic rings. The first-order chi connectivity index (χ1) is 14.0. The van der Waals surface area contributed by atoms with Gasteiger partial charge in [0.05, 0.1) is 11.6 Å². The van der Waals surface area contributed by atoms with Crippen molar-refractivity contribution >= 4 is 29.2 Å². The molecule has 0 aliphatic carbocycles. The lowest BCUT2D eigenvalue weighted by Gasteiger charge is -2.17. The van der Waals surface area contributed by atoms with Crippen LogP contribution in [-0.4, -0.2) is 37.7 Å². The zero-order valence-electron chi connectivity index (χ0n) is 15.2. The van der Waals surface area contributed by atoms with Crippen molar-refractivity contribution in [1.82, 2.24) is 0 Å². The van der Waals surface area contributed by atoms with Gasteiger partial charge in [0, 0.05) is 24.7 Å². The number of benzene rings is 2. The minimum absolute atomic E-state index is 0.00236. The van der Waals surface area contributed by atoms with E-state index in [4.69, 9.17) is 14.2 Å². The molecule has 2 heterocycles. The van der Waals surface area contributed by atoms with Crippen molar-refractivity contribution in [2.45, 2.75) is 6.42 Å². The van der Waals surface area contributed by atoms with Crippen LogP contribution in [0.5, 0.6) is 11.5 Å². The van der Waals surface area contributed by atoms with Crippen molar-refractivity contribution in [1.29, 1.82) is 0 Å². The average molecular weight is 400 g/mol. The van der Waals surface area contributed by atoms with Gasteiger partial charge in [-0.25, -0.2) is 4.39 Å². The number of para-hydroxylation sites is 1. The summed E-state index contributed by atoms with van der Waals surface area (Å²) in [6.07, 6.45) is -0.100. The molecule has 2 aliphatic heterocycles. The molecule has 8 nitrogen and oxygen atoms in total. The van der Waals surface area contributed by atoms with Crippen LogP contribution < -0.4 is 19.7 Å². The molecule has 1 saturated heterocycles. The topological polar surface area (TPSA) is 94.2 Å². The number of ether oxygens (including phenoxy) is 3. The molecule has 0 saturated carbocycles. The Morgan fingerprint density at radius 2 is 1.97 bits per heavy atom. The van der Waals surface area contributed by atoms with E-state index in [2.05, 4.69) is 5.32 Å². The number of carbonyl (C=O) groups is 3. The zero-order valence-corrected chi connectivity index (χ0v) is 15.2. The van der Waals surface area contributed by atoms with E-state index in [1.54, 1.807) is 24.3 Å². The number of esters is 1. The van der Waals surface area contributed by atoms with Gasteiger partial charge in [0.15, 0.2) is 18.1 Å². The van der Waals surface area contributed by atoms with Crippen molar-refractivity contribution in [3.8, 4) is 11.5 Å². The summed E-state index contributed by atoms with van der Waals surface area (Å²) in [7, 11) is 0. The second kappa shape index (κ2) is 7.78. The fourth-order valence-corrected chi connectivity index (χ4v) is 3.19. The fourth-order valence-electron chi connectivity index (χ4n) is 3.19. The highest BCUT2D eigenvalue weighted by atomic mass is 19.1. The van der Waals surface area contributed by atoms with Crippen LogP contribution >= 0.6 is 0 Å². The van der Waals surface area contributed by atoms with E-state index in [1.807, 2.05) is 0 Å². The Balaban J connectivity index is 1.30. The van der Waals surface area contributed by atoms with E-state index in [0.29, 0.717) is 17.2 Å². The highest BCUT2D eigenvalue weighted by Gasteiger charge is 2.37. The summed E-state index contributed by atoms with van der Waals surface area (Å²) < 4.78 is 29.4. The minimum atomic E-state index is -0.763. The minimum Gasteiger partial charge on any atom is -0.455 e. The van der Waals surface area contributed by atoms with E-state index in [9.17, 15) is 18.8 Å². The summed E-state index contributed by atoms with van der Waals surface area (Å²) in [4.78, 5) is 37.7. The van der Waals surface area contributed by atoms with Gasteiger partial charge in [-0.3, -0.25) is 14.4 Å². The molecule has 1 atom stereocenters. The van der Waals surface area contributed by atoms with Crippen LogP contribution in [0.2, 0.25) is 0 Å². The predicted octanol–water partition coefficient (Wildman–Crippen LogP) is 2.09. The monoisotopic (exact) mass is 400 g/mol. The number of carbonyl (C=O) groups excluding carboxylic acids is 3. The molecule has 4 rings (SSSR count). The molecule has 1 N–H and O–H groups in total. The van der Waals surface area contributed by atoms with Crippen molar-refractivity contribution in [3.63, 3.8) is 0 Å². The molecule has 0 unspecified atom stereocenters. The van der Waals surface area contributed by atoms with Crippen molar-refractivity contribution in [2.75, 3.05) is 30.2 Å². The Morgan fingerprint density at radius 1 is 1.17 bits per heavy atom. The number of halogens is 1. The van der Waals surface area contributed by atoms with Crippen LogP contribution in [-0.2, 0) is 19.1 Å². The van der Waals surface area contributed by atoms with Gasteiger partial charge in [-0.1, -0.05) is 12.1 Å². The standard InChI is InChI=1S/C20H17FN2O6/c21-14-3-1-2-4-15(14)23-9-12(7-19(23)25)20(26)27-10-18(24)22-13-5-6-16-17(8-13)29-11-28-16/h1-6,8,12H,7,9-11H2,(H,22,24)/t12-/m1/s1. The van der Waals surface area contributed by atoms with Gasteiger partial charge < -0.3 is 24.4 Å². The third-order valence-electron chi connectivity index (χ3n) is 4.60. The third-order valence-corrected chi connectivity index (χ3v) is 4.60. The van der Waals surface area contributed by atoms with Crippen LogP contribution in [0, 0.1) is 11.7 Å². The molecule has 2 aromatic carbocycles. The van der Waals surface area contributed by atoms with Crippen LogP contribution in [0.3, 0.4) is 0 Å². The van der Waals surface area contributed by atoms with Gasteiger partial charge in [0.25, 0.3) is 5.91 Å². The maximum atomic E-state index is 13.9. The van der Waals surface area contributed by atoms with E-state index >= 15 is 0 Å². The van der Waals surface area contributed by atoms with Gasteiger partial charge in [-0.05, 0) is 24.3 Å². The molecule has 0 radical (unpaired) electrons. The second-order valence-electron chi connectivity index (χ2n) is 6.58. The van der Waals surface area contributed by atoms with Gasteiger partial charge in [0.2, 0.25) is 12.7 Å². The van der Waals surface area contributed by atoms with Crippen LogP contribution in [0.4, 0.5) is 15.8 Å². The number of anilines is 2. The summed E-state index contributed by atoms with van der Waals surface area (Å²) in [6, 6.07) is 10.7. The summed E-state index contributed by atoms with van der Waals surface area (Å²) in [5.41, 5.74) is 0.588. The highest BCUT2D eigenvalue weighted by Crippen LogP contribution is 2.34. The molecular formula is C20H17FN2O6. The average Bonchev–Trinajstić information content (AvgIpc) is 3.32. The molecular weight excluding hydrogens is 383 g/mol. The number of rotatable bonds is 5. The smallest absolute Gasteiger partial charge is 0.311 e. The van der Waals surface area contributed by atoms with Crippen LogP contribution in [0.15, 0.2) is 42.5 Å². The Morgan fingerprint density at radius 3 is 2.79 bits per heavy atom. The largest absolute Gasteiger partial charge is 0.455 e. The molecule has 0 aromatic heterocycles. The van der Waals surface area contributed by atoms with E-state index in [0.717, 1.165) is 0 Å². The normalized spacial score (nSPS) is 17.3. The zero-order chi connectivity index (χ0) is 20.4. The number of fused-ring (bicyclic) bond motifs is 1. The molecule has 29 heavy (non-hydrogen) atoms. The highest BCUT2D eigenvalue weighted by molar-refractivity contribution is 6.00. The Kier molecular flexibility index (Phi) is 5.03. The van der Waals surface area contributed by atoms with Crippen molar-refractivity contribution in [3.05, 3.63) is 48.3 Å². The fraction of sp³-hybridized carbons (Fsp3) is 0.250. The van der Waals surface area contributed by atoms with Gasteiger partial charge in [-0.2, -0.15) is 0 Å². The Bertz CT molecular complexity index is 979. The molecule has 9 heteroatoms. The summed E-state index contributed by atoms with van der Waals surface area (Å²) in [6.45, 7) is -0.381. The molecule has 150 valence electrons. The first-order valence-corrected chi connectivity index (χ1v) is 8.92. The molecule has 0 bridgehead atoms. The second-order valence-corrected chi connectivity index (χ2v) is 6.58. The summed E-state index contributed by atoms with van der Waals surface area (Å²) >= 11 is 0. The SMILES string of the molecule is O=C(COC(=O)[C@@H]1CC(=O)N(c2ccccc2F)C1)Nc1ccc2c(c1)OCO2. The maximum absolute atomic E-state index is 13.9. The number of nitrogens with zero attached hydrogens (tertiary/aromatic N) is 1. The molecule has 1 fully saturated rings. The molecule has 0 spiro atoms. The van der Waals surface area contributed by atoms with Gasteiger partial charge >= 0.3 is 5.97 Å². The maximum Gasteiger partial charge on any atom is 0.311 e. The first-order valence-electron chi connectivity index (χ1n) is 8.92. The van der Waals surface area contributed by atoms with Crippen LogP contribution in [0.25, 0.3) is 0 Å². The number of hydrogen-bond donors (Lipinski definition) is 1. The number of nitrogens with one attached hydrogen (secondary N) is 1.